The molecule has 0 fully saturated rings. The molecule has 0 spiro atoms. The summed E-state index contributed by atoms with van der Waals surface area (Å²) in [6.07, 6.45) is 4.95. The number of hydrogen-bond acceptors (Lipinski definition) is 5. The Kier molecular flexibility index (Phi) is 7.09. The fourth-order valence-electron chi connectivity index (χ4n) is 4.43. The minimum atomic E-state index is -0.414. The summed E-state index contributed by atoms with van der Waals surface area (Å²) in [5.41, 5.74) is 7.44. The van der Waals surface area contributed by atoms with Crippen molar-refractivity contribution in [3.8, 4) is 5.75 Å². The van der Waals surface area contributed by atoms with Crippen molar-refractivity contribution in [2.24, 2.45) is 5.10 Å². The van der Waals surface area contributed by atoms with Gasteiger partial charge in [-0.2, -0.15) is 5.10 Å². The molecule has 1 aliphatic rings. The first-order chi connectivity index (χ1) is 16.1. The average molecular weight is 636 g/mol. The molecule has 0 atom stereocenters. The lowest BCUT2D eigenvalue weighted by atomic mass is 9.87. The van der Waals surface area contributed by atoms with E-state index in [1.165, 1.54) is 5.57 Å². The van der Waals surface area contributed by atoms with Gasteiger partial charge in [-0.3, -0.25) is 4.79 Å². The summed E-state index contributed by atoms with van der Waals surface area (Å²) in [7, 11) is 1.65. The van der Waals surface area contributed by atoms with E-state index in [-0.39, 0.29) is 11.3 Å². The maximum Gasteiger partial charge on any atom is 0.307 e. The Balaban J connectivity index is 1.61. The molecule has 0 saturated heterocycles. The maximum atomic E-state index is 12.6. The highest BCUT2D eigenvalue weighted by Crippen LogP contribution is 2.42. The molecular weight excluding hydrogens is 609 g/mol. The number of amides is 1. The minimum absolute atomic E-state index is 0.0817. The fraction of sp³-hybridized carbons (Fsp3) is 0.308. The normalized spacial score (nSPS) is 14.9. The number of rotatable bonds is 6. The van der Waals surface area contributed by atoms with Crippen LogP contribution in [0.4, 0.5) is 5.69 Å². The van der Waals surface area contributed by atoms with Crippen LogP contribution in [0.3, 0.4) is 0 Å². The van der Waals surface area contributed by atoms with Crippen LogP contribution in [-0.4, -0.2) is 31.3 Å². The molecule has 1 aliphatic heterocycles. The number of nitrogens with one attached hydrogen (secondary N) is 1. The number of ether oxygens (including phenoxy) is 1. The number of furan rings is 1. The lowest BCUT2D eigenvalue weighted by Gasteiger charge is -2.43. The van der Waals surface area contributed by atoms with Gasteiger partial charge in [-0.1, -0.05) is 28.9 Å². The maximum absolute atomic E-state index is 12.6. The molecule has 0 unspecified atom stereocenters. The number of allylic oxidation sites excluding steroid dienone is 1. The monoisotopic (exact) mass is 635 g/mol. The molecule has 0 bridgehead atoms. The second kappa shape index (κ2) is 9.73. The number of anilines is 1. The predicted molar refractivity (Wildman–Crippen MR) is 150 cm³/mol. The summed E-state index contributed by atoms with van der Waals surface area (Å²) in [6.45, 7) is 9.71. The summed E-state index contributed by atoms with van der Waals surface area (Å²) in [6, 6.07) is 9.69. The van der Waals surface area contributed by atoms with E-state index in [2.05, 4.69) is 99.9 Å². The lowest BCUT2D eigenvalue weighted by Crippen LogP contribution is -2.45. The van der Waals surface area contributed by atoms with Crippen molar-refractivity contribution in [1.29, 1.82) is 0 Å². The standard InChI is InChI=1S/C26H27BrIN3O3/c1-6-7-31-21-12-22(33-5)17(9-19(21)15(2)13-26(31,3)4)14-29-30-25(32)23-10-16-8-18(27)11-20(28)24(16)34-23/h8-14H,6-7H2,1-5H3,(H,30,32)/b29-14-. The number of benzene rings is 2. The first-order valence-electron chi connectivity index (χ1n) is 11.1. The Bertz CT molecular complexity index is 1330. The van der Waals surface area contributed by atoms with Crippen LogP contribution < -0.4 is 15.1 Å². The van der Waals surface area contributed by atoms with Crippen molar-refractivity contribution in [2.45, 2.75) is 39.7 Å². The molecule has 1 aromatic heterocycles. The van der Waals surface area contributed by atoms with Crippen molar-refractivity contribution in [2.75, 3.05) is 18.6 Å². The molecule has 3 aromatic rings. The van der Waals surface area contributed by atoms with E-state index in [1.807, 2.05) is 12.1 Å². The topological polar surface area (TPSA) is 67.1 Å². The van der Waals surface area contributed by atoms with Crippen LogP contribution in [-0.2, 0) is 0 Å². The van der Waals surface area contributed by atoms with Crippen molar-refractivity contribution >= 4 is 72.9 Å². The molecule has 2 heterocycles. The van der Waals surface area contributed by atoms with E-state index in [0.717, 1.165) is 43.2 Å². The molecule has 4 rings (SSSR count). The Labute approximate surface area is 221 Å². The molecule has 0 saturated carbocycles. The van der Waals surface area contributed by atoms with Gasteiger partial charge < -0.3 is 14.1 Å². The van der Waals surface area contributed by atoms with Crippen LogP contribution in [0.1, 0.15) is 55.8 Å². The largest absolute Gasteiger partial charge is 0.496 e. The van der Waals surface area contributed by atoms with E-state index in [0.29, 0.717) is 11.3 Å². The van der Waals surface area contributed by atoms with Gasteiger partial charge in [-0.05, 0) is 79.6 Å². The van der Waals surface area contributed by atoms with Crippen molar-refractivity contribution in [1.82, 2.24) is 5.43 Å². The van der Waals surface area contributed by atoms with Gasteiger partial charge in [-0.15, -0.1) is 0 Å². The predicted octanol–water partition coefficient (Wildman–Crippen LogP) is 6.98. The van der Waals surface area contributed by atoms with E-state index in [1.54, 1.807) is 19.4 Å². The Morgan fingerprint density at radius 3 is 2.76 bits per heavy atom. The van der Waals surface area contributed by atoms with Crippen LogP contribution in [0.25, 0.3) is 16.5 Å². The molecule has 178 valence electrons. The number of hydrazone groups is 1. The Hall–Kier alpha value is -2.33. The Morgan fingerprint density at radius 1 is 1.29 bits per heavy atom. The highest BCUT2D eigenvalue weighted by Gasteiger charge is 2.31. The van der Waals surface area contributed by atoms with Crippen LogP contribution >= 0.6 is 38.5 Å². The zero-order valence-electron chi connectivity index (χ0n) is 19.8. The second-order valence-electron chi connectivity index (χ2n) is 8.86. The van der Waals surface area contributed by atoms with Gasteiger partial charge in [0.05, 0.1) is 22.4 Å². The number of halogens is 2. The number of fused-ring (bicyclic) bond motifs is 2. The summed E-state index contributed by atoms with van der Waals surface area (Å²) >= 11 is 5.66. The molecule has 0 aliphatic carbocycles. The molecule has 1 amide bonds. The molecule has 0 radical (unpaired) electrons. The van der Waals surface area contributed by atoms with Crippen LogP contribution in [0.15, 0.2) is 50.4 Å². The third-order valence-corrected chi connectivity index (χ3v) is 7.16. The second-order valence-corrected chi connectivity index (χ2v) is 10.9. The van der Waals surface area contributed by atoms with Crippen LogP contribution in [0, 0.1) is 3.57 Å². The molecule has 2 aromatic carbocycles. The minimum Gasteiger partial charge on any atom is -0.496 e. The van der Waals surface area contributed by atoms with Crippen molar-refractivity contribution < 1.29 is 13.9 Å². The number of hydrogen-bond donors (Lipinski definition) is 1. The molecule has 6 nitrogen and oxygen atoms in total. The number of carbonyl (C=O) groups is 1. The smallest absolute Gasteiger partial charge is 0.307 e. The highest BCUT2D eigenvalue weighted by atomic mass is 127. The van der Waals surface area contributed by atoms with Gasteiger partial charge in [-0.25, -0.2) is 5.43 Å². The zero-order chi connectivity index (χ0) is 24.6. The van der Waals surface area contributed by atoms with Crippen LogP contribution in [0.5, 0.6) is 5.75 Å². The summed E-state index contributed by atoms with van der Waals surface area (Å²) in [4.78, 5) is 15.1. The van der Waals surface area contributed by atoms with Gasteiger partial charge in [0.25, 0.3) is 0 Å². The van der Waals surface area contributed by atoms with Crippen molar-refractivity contribution in [3.63, 3.8) is 0 Å². The van der Waals surface area contributed by atoms with Crippen LogP contribution in [0.2, 0.25) is 0 Å². The van der Waals surface area contributed by atoms with Gasteiger partial charge >= 0.3 is 5.91 Å². The first kappa shape index (κ1) is 24.8. The van der Waals surface area contributed by atoms with Gasteiger partial charge in [0.2, 0.25) is 0 Å². The zero-order valence-corrected chi connectivity index (χ0v) is 23.6. The SMILES string of the molecule is CCCN1c2cc(OC)c(/C=N\NC(=O)c3cc4cc(Br)cc(I)c4o3)cc2C(C)=CC1(C)C. The number of nitrogens with zero attached hydrogens (tertiary/aromatic N) is 2. The van der Waals surface area contributed by atoms with E-state index < -0.39 is 5.91 Å². The number of methoxy groups -OCH3 is 1. The third-order valence-electron chi connectivity index (χ3n) is 5.91. The first-order valence-corrected chi connectivity index (χ1v) is 12.9. The Morgan fingerprint density at radius 2 is 2.06 bits per heavy atom. The summed E-state index contributed by atoms with van der Waals surface area (Å²) < 4.78 is 13.3. The summed E-state index contributed by atoms with van der Waals surface area (Å²) in [5, 5.41) is 5.04. The van der Waals surface area contributed by atoms with Gasteiger partial charge in [0.1, 0.15) is 11.3 Å². The molecule has 8 heteroatoms. The van der Waals surface area contributed by atoms with Crippen molar-refractivity contribution in [3.05, 3.63) is 61.3 Å². The number of carbonyl (C=O) groups excluding carboxylic acids is 1. The quantitative estimate of drug-likeness (QED) is 0.180. The van der Waals surface area contributed by atoms with Gasteiger partial charge in [0, 0.05) is 39.3 Å². The summed E-state index contributed by atoms with van der Waals surface area (Å²) in [5.74, 6) is 0.492. The van der Waals surface area contributed by atoms with Gasteiger partial charge in [0.15, 0.2) is 5.76 Å². The van der Waals surface area contributed by atoms with E-state index in [9.17, 15) is 4.79 Å². The average Bonchev–Trinajstić information content (AvgIpc) is 3.20. The molecular formula is C26H27BrIN3O3. The van der Waals surface area contributed by atoms with E-state index in [4.69, 9.17) is 9.15 Å². The molecule has 1 N–H and O–H groups in total. The fourth-order valence-corrected chi connectivity index (χ4v) is 6.09. The highest BCUT2D eigenvalue weighted by molar-refractivity contribution is 14.1. The lowest BCUT2D eigenvalue weighted by molar-refractivity contribution is 0.0929. The van der Waals surface area contributed by atoms with E-state index >= 15 is 0 Å². The molecule has 34 heavy (non-hydrogen) atoms. The third kappa shape index (κ3) is 4.75.